The zero-order valence-corrected chi connectivity index (χ0v) is 47.7. The number of pyridine rings is 4. The third-order valence-electron chi connectivity index (χ3n) is 16.7. The highest BCUT2D eigenvalue weighted by Crippen LogP contribution is 2.52. The summed E-state index contributed by atoms with van der Waals surface area (Å²) in [4.78, 5) is 29.2. The highest BCUT2D eigenvalue weighted by Gasteiger charge is 2.45. The molecule has 0 N–H and O–H groups in total. The van der Waals surface area contributed by atoms with Crippen molar-refractivity contribution < 1.29 is 9.47 Å². The van der Waals surface area contributed by atoms with Gasteiger partial charge in [-0.2, -0.15) is 0 Å². The number of benzene rings is 9. The summed E-state index contributed by atoms with van der Waals surface area (Å²) in [6.07, 6.45) is 7.44. The Kier molecular flexibility index (Phi) is 12.1. The largest absolute Gasteiger partial charge is 0.458 e. The van der Waals surface area contributed by atoms with Crippen molar-refractivity contribution in [3.63, 3.8) is 0 Å². The van der Waals surface area contributed by atoms with E-state index in [0.29, 0.717) is 0 Å². The molecule has 4 aliphatic heterocycles. The fourth-order valence-corrected chi connectivity index (χ4v) is 15.6. The Hall–Kier alpha value is -10.4. The zero-order valence-electron chi connectivity index (χ0n) is 46.0. The first-order chi connectivity index (χ1) is 42.7. The van der Waals surface area contributed by atoms with E-state index < -0.39 is 0 Å². The normalized spacial score (nSPS) is 12.7. The van der Waals surface area contributed by atoms with E-state index in [-0.39, 0.29) is 13.4 Å². The summed E-state index contributed by atoms with van der Waals surface area (Å²) in [5.41, 5.74) is 20.4. The van der Waals surface area contributed by atoms with Crippen molar-refractivity contribution in [2.24, 2.45) is 0 Å². The average molecular weight is 1140 g/mol. The minimum atomic E-state index is -0.106. The maximum atomic E-state index is 7.17. The third-order valence-corrected chi connectivity index (χ3v) is 18.9. The molecule has 0 atom stereocenters. The van der Waals surface area contributed by atoms with E-state index in [1.165, 1.54) is 31.6 Å². The summed E-state index contributed by atoms with van der Waals surface area (Å²) in [6.45, 7) is -0.211. The van der Waals surface area contributed by atoms with E-state index in [9.17, 15) is 0 Å². The number of nitrogens with zero attached hydrogens (tertiary/aromatic N) is 6. The van der Waals surface area contributed by atoms with Crippen molar-refractivity contribution in [2.75, 3.05) is 9.80 Å². The lowest BCUT2D eigenvalue weighted by Gasteiger charge is -2.38. The molecule has 86 heavy (non-hydrogen) atoms. The van der Waals surface area contributed by atoms with Gasteiger partial charge in [-0.25, -0.2) is 0 Å². The first kappa shape index (κ1) is 50.2. The molecule has 9 aromatic carbocycles. The van der Waals surface area contributed by atoms with Crippen LogP contribution in [0, 0.1) is 0 Å². The van der Waals surface area contributed by atoms with E-state index in [1.54, 1.807) is 0 Å². The van der Waals surface area contributed by atoms with Crippen LogP contribution in [0.4, 0.5) is 34.1 Å². The van der Waals surface area contributed by atoms with Gasteiger partial charge in [-0.15, -0.1) is 0 Å². The van der Waals surface area contributed by atoms with Crippen molar-refractivity contribution >= 4 is 104 Å². The molecule has 0 unspecified atom stereocenters. The van der Waals surface area contributed by atoms with Gasteiger partial charge in [0, 0.05) is 90.1 Å². The molecule has 8 nitrogen and oxygen atoms in total. The van der Waals surface area contributed by atoms with Crippen LogP contribution in [0.2, 0.25) is 0 Å². The average Bonchev–Trinajstić information content (AvgIpc) is 0.863. The maximum Gasteiger partial charge on any atom is 0.253 e. The fraction of sp³-hybridized carbons (Fsp3) is 0. The molecule has 0 saturated heterocycles. The smallest absolute Gasteiger partial charge is 0.253 e. The quantitative estimate of drug-likeness (QED) is 0.124. The summed E-state index contributed by atoms with van der Waals surface area (Å²) < 4.78 is 14.3. The van der Waals surface area contributed by atoms with Crippen LogP contribution in [0.3, 0.4) is 0 Å². The van der Waals surface area contributed by atoms with Crippen LogP contribution in [0.25, 0.3) is 45.0 Å². The number of rotatable bonds is 10. The van der Waals surface area contributed by atoms with Gasteiger partial charge < -0.3 is 19.3 Å². The minimum Gasteiger partial charge on any atom is -0.458 e. The van der Waals surface area contributed by atoms with Crippen LogP contribution in [-0.2, 0) is 0 Å². The Bertz CT molecular complexity index is 4390. The Morgan fingerprint density at radius 1 is 0.279 bits per heavy atom. The van der Waals surface area contributed by atoms with Crippen LogP contribution in [0.1, 0.15) is 0 Å². The number of hydrogen-bond acceptors (Lipinski definition) is 10. The standard InChI is InChI=1S/C74H46B2N6O2S2/c1-3-21-47(22-4-1)81(73-51(59-31-11-15-37-77-59)25-19-26-52(73)60-32-12-16-38-78-60)49-41-65-71-69(43-49)85-67-46-68-58(45-57(67)75(71)55-29-7-9-35-63(55)83-65)76-56-30-8-10-36-64(56)84-66-42-50(44-70(86-68)72(66)76)82(48-23-5-2-6-24-48)74-53(61-33-13-17-39-79-61)27-20-28-54(74)62-34-14-18-40-80-62/h1-46H. The number of aromatic nitrogens is 4. The Morgan fingerprint density at radius 2 is 0.640 bits per heavy atom. The first-order valence-corrected chi connectivity index (χ1v) is 30.3. The van der Waals surface area contributed by atoms with Crippen LogP contribution in [-0.4, -0.2) is 33.4 Å². The Balaban J connectivity index is 0.859. The van der Waals surface area contributed by atoms with E-state index in [0.717, 1.165) is 123 Å². The van der Waals surface area contributed by atoms with Crippen LogP contribution >= 0.6 is 23.5 Å². The predicted molar refractivity (Wildman–Crippen MR) is 352 cm³/mol. The molecule has 0 bridgehead atoms. The molecule has 0 amide bonds. The molecule has 8 heterocycles. The fourth-order valence-electron chi connectivity index (χ4n) is 13.1. The van der Waals surface area contributed by atoms with Gasteiger partial charge >= 0.3 is 0 Å². The van der Waals surface area contributed by atoms with Gasteiger partial charge in [0.1, 0.15) is 23.0 Å². The molecule has 0 fully saturated rings. The van der Waals surface area contributed by atoms with Crippen molar-refractivity contribution in [1.82, 2.24) is 19.9 Å². The van der Waals surface area contributed by atoms with Gasteiger partial charge in [0.25, 0.3) is 13.4 Å². The molecule has 0 saturated carbocycles. The van der Waals surface area contributed by atoms with E-state index in [4.69, 9.17) is 29.4 Å². The summed E-state index contributed by atoms with van der Waals surface area (Å²) >= 11 is 3.65. The summed E-state index contributed by atoms with van der Waals surface area (Å²) in [5, 5.41) is 0. The predicted octanol–water partition coefficient (Wildman–Crippen LogP) is 15.0. The molecular weight excluding hydrogens is 1090 g/mol. The summed E-state index contributed by atoms with van der Waals surface area (Å²) in [6, 6.07) is 89.9. The zero-order chi connectivity index (χ0) is 56.7. The van der Waals surface area contributed by atoms with Crippen LogP contribution in [0.5, 0.6) is 23.0 Å². The summed E-state index contributed by atoms with van der Waals surface area (Å²) in [5.74, 6) is 3.36. The SMILES string of the molecule is c1ccc(N(c2cc3c4c(c2)Sc2cc5c(cc2B4c2ccccc2O3)B2c3ccccc3Oc3cc(N(c4ccccc4)c4c(-c6ccccn6)cccc4-c4ccccn4)cc(c32)S5)c2c(-c3ccccn3)cccc2-c2ccccn2)cc1. The topological polar surface area (TPSA) is 76.5 Å². The van der Waals surface area contributed by atoms with E-state index >= 15 is 0 Å². The van der Waals surface area contributed by atoms with E-state index in [2.05, 4.69) is 216 Å². The molecule has 4 aromatic heterocycles. The molecule has 0 spiro atoms. The number of ether oxygens (including phenoxy) is 2. The number of hydrogen-bond donors (Lipinski definition) is 0. The molecule has 402 valence electrons. The number of para-hydroxylation sites is 6. The third kappa shape index (κ3) is 8.35. The Labute approximate surface area is 507 Å². The van der Waals surface area contributed by atoms with Crippen molar-refractivity contribution in [2.45, 2.75) is 19.6 Å². The lowest BCUT2D eigenvalue weighted by molar-refractivity contribution is 0.486. The van der Waals surface area contributed by atoms with Crippen LogP contribution < -0.4 is 52.1 Å². The van der Waals surface area contributed by atoms with Gasteiger partial charge in [0.15, 0.2) is 0 Å². The van der Waals surface area contributed by atoms with Crippen LogP contribution in [0.15, 0.2) is 299 Å². The maximum absolute atomic E-state index is 7.17. The van der Waals surface area contributed by atoms with Crippen molar-refractivity contribution in [3.8, 4) is 68.0 Å². The molecule has 0 aliphatic carbocycles. The summed E-state index contributed by atoms with van der Waals surface area (Å²) in [7, 11) is 0. The lowest BCUT2D eigenvalue weighted by atomic mass is 9.32. The molecule has 0 radical (unpaired) electrons. The number of fused-ring (bicyclic) bond motifs is 8. The van der Waals surface area contributed by atoms with Crippen molar-refractivity contribution in [3.05, 3.63) is 280 Å². The monoisotopic (exact) mass is 1140 g/mol. The second-order valence-electron chi connectivity index (χ2n) is 21.6. The van der Waals surface area contributed by atoms with Gasteiger partial charge in [-0.05, 0) is 125 Å². The minimum absolute atomic E-state index is 0.106. The molecule has 12 heteroatoms. The highest BCUT2D eigenvalue weighted by atomic mass is 32.2. The molecular formula is C74H46B2N6O2S2. The molecule has 4 aliphatic rings. The lowest BCUT2D eigenvalue weighted by Crippen LogP contribution is -2.62. The second kappa shape index (κ2) is 20.7. The van der Waals surface area contributed by atoms with Crippen molar-refractivity contribution in [1.29, 1.82) is 0 Å². The van der Waals surface area contributed by atoms with E-state index in [1.807, 2.05) is 96.8 Å². The molecule has 13 aromatic rings. The number of anilines is 6. The highest BCUT2D eigenvalue weighted by molar-refractivity contribution is 8.01. The van der Waals surface area contributed by atoms with Gasteiger partial charge in [0.05, 0.1) is 45.5 Å². The Morgan fingerprint density at radius 3 is 1.01 bits per heavy atom. The first-order valence-electron chi connectivity index (χ1n) is 28.7. The van der Waals surface area contributed by atoms with Gasteiger partial charge in [-0.3, -0.25) is 19.9 Å². The second-order valence-corrected chi connectivity index (χ2v) is 23.8. The molecule has 17 rings (SSSR count). The van der Waals surface area contributed by atoms with Gasteiger partial charge in [0.2, 0.25) is 0 Å². The van der Waals surface area contributed by atoms with Gasteiger partial charge in [-0.1, -0.05) is 174 Å².